The molecule has 9 aliphatic rings. The van der Waals surface area contributed by atoms with E-state index < -0.39 is 0 Å². The Labute approximate surface area is 206 Å². The Kier molecular flexibility index (Phi) is 4.73. The van der Waals surface area contributed by atoms with Crippen LogP contribution in [0.15, 0.2) is 0 Å². The number of carbonyl (C=O) groups excluding carboxylic acids is 2. The van der Waals surface area contributed by atoms with Crippen molar-refractivity contribution in [1.29, 1.82) is 0 Å². The fourth-order valence-corrected chi connectivity index (χ4v) is 11.2. The highest BCUT2D eigenvalue weighted by molar-refractivity contribution is 5.86. The van der Waals surface area contributed by atoms with Crippen molar-refractivity contribution in [3.63, 3.8) is 0 Å². The molecule has 0 N–H and O–H groups in total. The second-order valence-electron chi connectivity index (χ2n) is 15.7. The largest absolute Gasteiger partial charge is 0.324 e. The van der Waals surface area contributed by atoms with E-state index in [9.17, 15) is 9.59 Å². The number of carbonyl (C=O) groups is 2. The van der Waals surface area contributed by atoms with Crippen LogP contribution in [0, 0.1) is 57.7 Å². The first-order valence-electron chi connectivity index (χ1n) is 14.7. The molecule has 0 atom stereocenters. The average Bonchev–Trinajstić information content (AvgIpc) is 2.75. The zero-order chi connectivity index (χ0) is 23.5. The molecular formula is C30H46N2O2. The summed E-state index contributed by atoms with van der Waals surface area (Å²) in [5.41, 5.74) is -0.117. The Hall–Kier alpha value is -1.06. The summed E-state index contributed by atoms with van der Waals surface area (Å²) in [5, 5.41) is 0. The van der Waals surface area contributed by atoms with Crippen LogP contribution in [0.5, 0.6) is 0 Å². The number of rotatable bonds is 2. The smallest absolute Gasteiger partial charge is 0.230 e. The highest BCUT2D eigenvalue weighted by Gasteiger charge is 2.58. The average molecular weight is 467 g/mol. The van der Waals surface area contributed by atoms with Crippen molar-refractivity contribution in [2.75, 3.05) is 19.8 Å². The highest BCUT2D eigenvalue weighted by atomic mass is 16.2. The van der Waals surface area contributed by atoms with E-state index in [4.69, 9.17) is 0 Å². The third kappa shape index (κ3) is 3.35. The third-order valence-corrected chi connectivity index (χ3v) is 12.0. The van der Waals surface area contributed by atoms with Crippen LogP contribution in [0.3, 0.4) is 0 Å². The van der Waals surface area contributed by atoms with Gasteiger partial charge in [-0.05, 0) is 124 Å². The standard InChI is InChI=1S/C30H46N2O2/c1-28(2,3)25-16-31(26(33)29-10-19-4-20(11-29)6-21(5-19)12-29)18-32(17-25)27(34)30-13-22-7-23(14-30)9-24(8-22)15-30/h19-25H,4-18H2,1-3H3. The van der Waals surface area contributed by atoms with Gasteiger partial charge in [0, 0.05) is 13.1 Å². The second kappa shape index (κ2) is 7.25. The zero-order valence-corrected chi connectivity index (χ0v) is 21.9. The molecule has 0 aromatic rings. The maximum atomic E-state index is 14.3. The van der Waals surface area contributed by atoms with Crippen LogP contribution in [-0.4, -0.2) is 41.4 Å². The lowest BCUT2D eigenvalue weighted by Gasteiger charge is -2.59. The summed E-state index contributed by atoms with van der Waals surface area (Å²) in [5.74, 6) is 5.88. The van der Waals surface area contributed by atoms with Gasteiger partial charge in [-0.15, -0.1) is 0 Å². The van der Waals surface area contributed by atoms with Gasteiger partial charge in [0.15, 0.2) is 0 Å². The van der Waals surface area contributed by atoms with Gasteiger partial charge in [0.1, 0.15) is 0 Å². The third-order valence-electron chi connectivity index (χ3n) is 12.0. The minimum Gasteiger partial charge on any atom is -0.324 e. The van der Waals surface area contributed by atoms with Crippen molar-refractivity contribution in [2.45, 2.75) is 97.8 Å². The first kappa shape index (κ1) is 22.2. The first-order chi connectivity index (χ1) is 16.1. The molecule has 8 saturated carbocycles. The fourth-order valence-electron chi connectivity index (χ4n) is 11.2. The molecule has 4 heteroatoms. The van der Waals surface area contributed by atoms with Gasteiger partial charge < -0.3 is 9.80 Å². The molecule has 9 rings (SSSR count). The molecular weight excluding hydrogens is 420 g/mol. The maximum absolute atomic E-state index is 14.3. The first-order valence-corrected chi connectivity index (χ1v) is 14.7. The number of hydrogen-bond acceptors (Lipinski definition) is 2. The summed E-state index contributed by atoms with van der Waals surface area (Å²) in [6, 6.07) is 0. The molecule has 0 aromatic carbocycles. The van der Waals surface area contributed by atoms with Gasteiger partial charge in [-0.25, -0.2) is 0 Å². The van der Waals surface area contributed by atoms with Crippen molar-refractivity contribution in [2.24, 2.45) is 57.7 Å². The zero-order valence-electron chi connectivity index (χ0n) is 21.9. The lowest BCUT2D eigenvalue weighted by atomic mass is 9.49. The number of amides is 2. The molecule has 1 heterocycles. The molecule has 4 nitrogen and oxygen atoms in total. The molecule has 188 valence electrons. The highest BCUT2D eigenvalue weighted by Crippen LogP contribution is 2.62. The van der Waals surface area contributed by atoms with Crippen LogP contribution in [0.4, 0.5) is 0 Å². The van der Waals surface area contributed by atoms with Crippen LogP contribution in [0.1, 0.15) is 97.8 Å². The molecule has 8 aliphatic carbocycles. The molecule has 1 saturated heterocycles. The maximum Gasteiger partial charge on any atom is 0.230 e. The summed E-state index contributed by atoms with van der Waals surface area (Å²) in [6.45, 7) is 9.18. The molecule has 0 radical (unpaired) electrons. The van der Waals surface area contributed by atoms with Gasteiger partial charge >= 0.3 is 0 Å². The van der Waals surface area contributed by atoms with E-state index in [1.165, 1.54) is 38.5 Å². The van der Waals surface area contributed by atoms with Gasteiger partial charge in [0.05, 0.1) is 17.5 Å². The summed E-state index contributed by atoms with van der Waals surface area (Å²) in [6.07, 6.45) is 14.9. The van der Waals surface area contributed by atoms with E-state index in [1.807, 2.05) is 0 Å². The van der Waals surface area contributed by atoms with Crippen LogP contribution in [0.25, 0.3) is 0 Å². The Morgan fingerprint density at radius 3 is 1.15 bits per heavy atom. The van der Waals surface area contributed by atoms with Crippen LogP contribution < -0.4 is 0 Å². The second-order valence-corrected chi connectivity index (χ2v) is 15.7. The van der Waals surface area contributed by atoms with Crippen LogP contribution in [0.2, 0.25) is 0 Å². The predicted molar refractivity (Wildman–Crippen MR) is 132 cm³/mol. The van der Waals surface area contributed by atoms with Crippen molar-refractivity contribution >= 4 is 11.8 Å². The molecule has 9 fully saturated rings. The summed E-state index contributed by atoms with van der Waals surface area (Å²) >= 11 is 0. The molecule has 0 spiro atoms. The van der Waals surface area contributed by atoms with E-state index in [2.05, 4.69) is 30.6 Å². The number of hydrogen-bond donors (Lipinski definition) is 0. The summed E-state index contributed by atoms with van der Waals surface area (Å²) in [4.78, 5) is 33.0. The van der Waals surface area contributed by atoms with Crippen molar-refractivity contribution in [3.05, 3.63) is 0 Å². The molecule has 0 unspecified atom stereocenters. The van der Waals surface area contributed by atoms with Crippen molar-refractivity contribution in [3.8, 4) is 0 Å². The van der Waals surface area contributed by atoms with Crippen molar-refractivity contribution < 1.29 is 9.59 Å². The molecule has 8 bridgehead atoms. The number of nitrogens with zero attached hydrogens (tertiary/aromatic N) is 2. The minimum atomic E-state index is -0.107. The van der Waals surface area contributed by atoms with Crippen LogP contribution >= 0.6 is 0 Å². The van der Waals surface area contributed by atoms with E-state index in [0.29, 0.717) is 24.4 Å². The minimum absolute atomic E-state index is 0.0976. The van der Waals surface area contributed by atoms with Gasteiger partial charge in [0.2, 0.25) is 11.8 Å². The van der Waals surface area contributed by atoms with Gasteiger partial charge in [-0.2, -0.15) is 0 Å². The van der Waals surface area contributed by atoms with Gasteiger partial charge in [0.25, 0.3) is 0 Å². The van der Waals surface area contributed by atoms with E-state index in [1.54, 1.807) is 0 Å². The van der Waals surface area contributed by atoms with Gasteiger partial charge in [-0.3, -0.25) is 9.59 Å². The SMILES string of the molecule is CC(C)(C)C1CN(C(=O)C23CC4CC(CC(C4)C2)C3)CN(C(=O)C23CC4CC(CC(C4)C2)C3)C1. The monoisotopic (exact) mass is 466 g/mol. The van der Waals surface area contributed by atoms with Crippen molar-refractivity contribution in [1.82, 2.24) is 9.80 Å². The summed E-state index contributed by atoms with van der Waals surface area (Å²) < 4.78 is 0. The lowest BCUT2D eigenvalue weighted by molar-refractivity contribution is -0.174. The molecule has 0 aromatic heterocycles. The Morgan fingerprint density at radius 1 is 0.588 bits per heavy atom. The normalized spacial score (nSPS) is 49.1. The lowest BCUT2D eigenvalue weighted by Crippen LogP contribution is -2.64. The Bertz CT molecular complexity index is 750. The molecule has 34 heavy (non-hydrogen) atoms. The molecule has 1 aliphatic heterocycles. The quantitative estimate of drug-likeness (QED) is 0.523. The Morgan fingerprint density at radius 2 is 0.882 bits per heavy atom. The molecule has 2 amide bonds. The van der Waals surface area contributed by atoms with E-state index >= 15 is 0 Å². The Balaban J connectivity index is 1.16. The van der Waals surface area contributed by atoms with E-state index in [0.717, 1.165) is 87.1 Å². The predicted octanol–water partition coefficient (Wildman–Crippen LogP) is 5.71. The topological polar surface area (TPSA) is 40.6 Å². The van der Waals surface area contributed by atoms with Gasteiger partial charge in [-0.1, -0.05) is 20.8 Å². The fraction of sp³-hybridized carbons (Fsp3) is 0.933. The summed E-state index contributed by atoms with van der Waals surface area (Å²) in [7, 11) is 0. The van der Waals surface area contributed by atoms with E-state index in [-0.39, 0.29) is 16.2 Å². The van der Waals surface area contributed by atoms with Crippen LogP contribution in [-0.2, 0) is 9.59 Å².